The molecule has 0 saturated carbocycles. The zero-order chi connectivity index (χ0) is 19.2. The molecular weight excluding hydrogens is 344 g/mol. The lowest BCUT2D eigenvalue weighted by atomic mass is 10.1. The SMILES string of the molecule is COCC(=O)N1CCc2ccc(NC(=O)CCc3ccc(OC)cc3)cc21. The number of carbonyl (C=O) groups is 2. The first-order valence-corrected chi connectivity index (χ1v) is 8.95. The summed E-state index contributed by atoms with van der Waals surface area (Å²) >= 11 is 0. The van der Waals surface area contributed by atoms with Gasteiger partial charge in [-0.1, -0.05) is 18.2 Å². The van der Waals surface area contributed by atoms with Gasteiger partial charge in [0.2, 0.25) is 5.91 Å². The number of anilines is 2. The van der Waals surface area contributed by atoms with Crippen molar-refractivity contribution in [1.29, 1.82) is 0 Å². The minimum Gasteiger partial charge on any atom is -0.497 e. The zero-order valence-electron chi connectivity index (χ0n) is 15.7. The van der Waals surface area contributed by atoms with E-state index < -0.39 is 0 Å². The van der Waals surface area contributed by atoms with Crippen molar-refractivity contribution in [2.75, 3.05) is 37.6 Å². The molecule has 1 heterocycles. The molecule has 0 saturated heterocycles. The highest BCUT2D eigenvalue weighted by molar-refractivity contribution is 5.98. The van der Waals surface area contributed by atoms with Crippen molar-refractivity contribution in [1.82, 2.24) is 0 Å². The van der Waals surface area contributed by atoms with Gasteiger partial charge in [0.15, 0.2) is 0 Å². The monoisotopic (exact) mass is 368 g/mol. The van der Waals surface area contributed by atoms with E-state index in [9.17, 15) is 9.59 Å². The summed E-state index contributed by atoms with van der Waals surface area (Å²) in [6.07, 6.45) is 1.85. The molecule has 2 aromatic rings. The zero-order valence-corrected chi connectivity index (χ0v) is 15.7. The molecule has 0 atom stereocenters. The molecule has 1 aliphatic rings. The van der Waals surface area contributed by atoms with Crippen molar-refractivity contribution >= 4 is 23.2 Å². The molecule has 2 amide bonds. The van der Waals surface area contributed by atoms with Crippen molar-refractivity contribution in [3.05, 3.63) is 53.6 Å². The number of aryl methyl sites for hydroxylation is 1. The third kappa shape index (κ3) is 4.65. The second-order valence-electron chi connectivity index (χ2n) is 6.47. The number of rotatable bonds is 7. The molecule has 1 N–H and O–H groups in total. The minimum atomic E-state index is -0.0702. The van der Waals surface area contributed by atoms with Gasteiger partial charge in [0.1, 0.15) is 12.4 Å². The maximum absolute atomic E-state index is 12.3. The number of nitrogens with zero attached hydrogens (tertiary/aromatic N) is 1. The molecule has 0 aromatic heterocycles. The van der Waals surface area contributed by atoms with Crippen LogP contribution in [-0.2, 0) is 27.2 Å². The Morgan fingerprint density at radius 1 is 1.11 bits per heavy atom. The predicted molar refractivity (Wildman–Crippen MR) is 104 cm³/mol. The number of nitrogens with one attached hydrogen (secondary N) is 1. The van der Waals surface area contributed by atoms with Crippen molar-refractivity contribution in [3.8, 4) is 5.75 Å². The predicted octanol–water partition coefficient (Wildman–Crippen LogP) is 2.80. The summed E-state index contributed by atoms with van der Waals surface area (Å²) in [6.45, 7) is 0.699. The average Bonchev–Trinajstić information content (AvgIpc) is 3.10. The third-order valence-corrected chi connectivity index (χ3v) is 4.63. The van der Waals surface area contributed by atoms with Crippen LogP contribution in [0.15, 0.2) is 42.5 Å². The average molecular weight is 368 g/mol. The van der Waals surface area contributed by atoms with Crippen LogP contribution < -0.4 is 15.0 Å². The first-order valence-electron chi connectivity index (χ1n) is 8.95. The summed E-state index contributed by atoms with van der Waals surface area (Å²) in [5.74, 6) is 0.673. The van der Waals surface area contributed by atoms with Gasteiger partial charge in [0, 0.05) is 31.5 Å². The summed E-state index contributed by atoms with van der Waals surface area (Å²) in [5, 5.41) is 2.92. The topological polar surface area (TPSA) is 67.9 Å². The van der Waals surface area contributed by atoms with Crippen molar-refractivity contribution in [3.63, 3.8) is 0 Å². The molecule has 27 heavy (non-hydrogen) atoms. The van der Waals surface area contributed by atoms with E-state index in [1.807, 2.05) is 42.5 Å². The maximum Gasteiger partial charge on any atom is 0.252 e. The normalized spacial score (nSPS) is 12.6. The maximum atomic E-state index is 12.3. The van der Waals surface area contributed by atoms with E-state index in [0.29, 0.717) is 25.1 Å². The van der Waals surface area contributed by atoms with E-state index in [1.54, 1.807) is 12.0 Å². The largest absolute Gasteiger partial charge is 0.497 e. The quantitative estimate of drug-likeness (QED) is 0.816. The molecule has 0 fully saturated rings. The molecule has 0 bridgehead atoms. The lowest BCUT2D eigenvalue weighted by molar-refractivity contribution is -0.122. The van der Waals surface area contributed by atoms with Gasteiger partial charge in [-0.15, -0.1) is 0 Å². The van der Waals surface area contributed by atoms with Gasteiger partial charge >= 0.3 is 0 Å². The summed E-state index contributed by atoms with van der Waals surface area (Å²) in [5.41, 5.74) is 3.74. The molecular formula is C21H24N2O4. The second kappa shape index (κ2) is 8.68. The number of benzene rings is 2. The lowest BCUT2D eigenvalue weighted by Gasteiger charge is -2.17. The van der Waals surface area contributed by atoms with Crippen molar-refractivity contribution < 1.29 is 19.1 Å². The van der Waals surface area contributed by atoms with E-state index in [2.05, 4.69) is 5.32 Å². The summed E-state index contributed by atoms with van der Waals surface area (Å²) in [4.78, 5) is 26.2. The van der Waals surface area contributed by atoms with Gasteiger partial charge in [-0.25, -0.2) is 0 Å². The fourth-order valence-electron chi connectivity index (χ4n) is 3.19. The van der Waals surface area contributed by atoms with E-state index >= 15 is 0 Å². The molecule has 3 rings (SSSR count). The van der Waals surface area contributed by atoms with Crippen LogP contribution in [-0.4, -0.2) is 39.2 Å². The summed E-state index contributed by atoms with van der Waals surface area (Å²) in [7, 11) is 3.14. The Morgan fingerprint density at radius 3 is 2.59 bits per heavy atom. The molecule has 2 aromatic carbocycles. The van der Waals surface area contributed by atoms with Crippen LogP contribution in [0.3, 0.4) is 0 Å². The molecule has 0 aliphatic carbocycles. The van der Waals surface area contributed by atoms with Gasteiger partial charge in [-0.05, 0) is 48.2 Å². The van der Waals surface area contributed by atoms with Crippen LogP contribution in [0.5, 0.6) is 5.75 Å². The number of hydrogen-bond donors (Lipinski definition) is 1. The van der Waals surface area contributed by atoms with Gasteiger partial charge < -0.3 is 19.7 Å². The third-order valence-electron chi connectivity index (χ3n) is 4.63. The van der Waals surface area contributed by atoms with E-state index in [4.69, 9.17) is 9.47 Å². The minimum absolute atomic E-state index is 0.0535. The molecule has 1 aliphatic heterocycles. The molecule has 0 spiro atoms. The number of ether oxygens (including phenoxy) is 2. The number of carbonyl (C=O) groups excluding carboxylic acids is 2. The molecule has 6 nitrogen and oxygen atoms in total. The van der Waals surface area contributed by atoms with Crippen molar-refractivity contribution in [2.45, 2.75) is 19.3 Å². The van der Waals surface area contributed by atoms with Crippen LogP contribution in [0.1, 0.15) is 17.5 Å². The van der Waals surface area contributed by atoms with E-state index in [0.717, 1.165) is 29.0 Å². The first-order chi connectivity index (χ1) is 13.1. The Hall–Kier alpha value is -2.86. The summed E-state index contributed by atoms with van der Waals surface area (Å²) in [6, 6.07) is 13.4. The molecule has 142 valence electrons. The molecule has 0 radical (unpaired) electrons. The van der Waals surface area contributed by atoms with Gasteiger partial charge in [0.05, 0.1) is 7.11 Å². The van der Waals surface area contributed by atoms with E-state index in [1.165, 1.54) is 7.11 Å². The first kappa shape index (κ1) is 18.9. The van der Waals surface area contributed by atoms with Crippen LogP contribution in [0.2, 0.25) is 0 Å². The Kier molecular flexibility index (Phi) is 6.08. The van der Waals surface area contributed by atoms with Crippen LogP contribution in [0, 0.1) is 0 Å². The standard InChI is InChI=1S/C21H24N2O4/c1-26-14-21(25)23-12-11-16-6-7-17(13-19(16)23)22-20(24)10-5-15-3-8-18(27-2)9-4-15/h3-4,6-9,13H,5,10-12,14H2,1-2H3,(H,22,24). The Bertz CT molecular complexity index is 817. The summed E-state index contributed by atoms with van der Waals surface area (Å²) < 4.78 is 10.1. The highest BCUT2D eigenvalue weighted by Crippen LogP contribution is 2.31. The number of fused-ring (bicyclic) bond motifs is 1. The highest BCUT2D eigenvalue weighted by Gasteiger charge is 2.24. The van der Waals surface area contributed by atoms with E-state index in [-0.39, 0.29) is 18.4 Å². The Morgan fingerprint density at radius 2 is 1.89 bits per heavy atom. The Labute approximate surface area is 159 Å². The van der Waals surface area contributed by atoms with Crippen molar-refractivity contribution in [2.24, 2.45) is 0 Å². The van der Waals surface area contributed by atoms with Crippen LogP contribution in [0.4, 0.5) is 11.4 Å². The second-order valence-corrected chi connectivity index (χ2v) is 6.47. The van der Waals surface area contributed by atoms with Crippen LogP contribution in [0.25, 0.3) is 0 Å². The number of amides is 2. The number of methoxy groups -OCH3 is 2. The smallest absolute Gasteiger partial charge is 0.252 e. The van der Waals surface area contributed by atoms with Gasteiger partial charge in [-0.2, -0.15) is 0 Å². The Balaban J connectivity index is 1.59. The highest BCUT2D eigenvalue weighted by atomic mass is 16.5. The van der Waals surface area contributed by atoms with Gasteiger partial charge in [0.25, 0.3) is 5.91 Å². The fourth-order valence-corrected chi connectivity index (χ4v) is 3.19. The van der Waals surface area contributed by atoms with Crippen LogP contribution >= 0.6 is 0 Å². The molecule has 0 unspecified atom stereocenters. The fraction of sp³-hybridized carbons (Fsp3) is 0.333. The number of hydrogen-bond acceptors (Lipinski definition) is 4. The molecule has 6 heteroatoms. The van der Waals surface area contributed by atoms with Gasteiger partial charge in [-0.3, -0.25) is 9.59 Å². The lowest BCUT2D eigenvalue weighted by Crippen LogP contribution is -2.32.